The number of methoxy groups -OCH3 is 1. The molecule has 0 amide bonds. The molecule has 5 heteroatoms. The van der Waals surface area contributed by atoms with Crippen molar-refractivity contribution < 1.29 is 19.0 Å². The average Bonchev–Trinajstić information content (AvgIpc) is 2.44. The van der Waals surface area contributed by atoms with Crippen molar-refractivity contribution in [2.45, 2.75) is 25.4 Å². The van der Waals surface area contributed by atoms with Gasteiger partial charge in [-0.15, -0.1) is 0 Å². The van der Waals surface area contributed by atoms with E-state index in [1.807, 2.05) is 0 Å². The zero-order valence-electron chi connectivity index (χ0n) is 11.0. The molecule has 0 saturated heterocycles. The molecule has 1 aliphatic carbocycles. The molecule has 0 fully saturated rings. The fourth-order valence-electron chi connectivity index (χ4n) is 2.84. The minimum atomic E-state index is -1.05. The van der Waals surface area contributed by atoms with Gasteiger partial charge in [0.25, 0.3) is 0 Å². The molecule has 0 spiro atoms. The highest BCUT2D eigenvalue weighted by Crippen LogP contribution is 2.31. The van der Waals surface area contributed by atoms with Crippen molar-refractivity contribution >= 4 is 16.9 Å². The standard InChI is InChI=1S/C15H14FNO3/c1-20-8-5-6-12-10(7-8)13(15(18)19)9-3-2-4-11(16)14(9)17-12/h2-4,8H,5-7H2,1H3,(H,18,19). The first-order valence-electron chi connectivity index (χ1n) is 6.48. The molecule has 4 nitrogen and oxygen atoms in total. The average molecular weight is 275 g/mol. The molecule has 1 heterocycles. The summed E-state index contributed by atoms with van der Waals surface area (Å²) in [5.41, 5.74) is 1.65. The van der Waals surface area contributed by atoms with Crippen LogP contribution in [0.4, 0.5) is 4.39 Å². The predicted molar refractivity (Wildman–Crippen MR) is 71.5 cm³/mol. The summed E-state index contributed by atoms with van der Waals surface area (Å²) in [7, 11) is 1.62. The lowest BCUT2D eigenvalue weighted by Crippen LogP contribution is -2.24. The summed E-state index contributed by atoms with van der Waals surface area (Å²) in [6.07, 6.45) is 1.88. The second kappa shape index (κ2) is 4.83. The Morgan fingerprint density at radius 2 is 2.30 bits per heavy atom. The second-order valence-corrected chi connectivity index (χ2v) is 4.95. The summed E-state index contributed by atoms with van der Waals surface area (Å²) in [5, 5.41) is 9.85. The van der Waals surface area contributed by atoms with E-state index in [2.05, 4.69) is 4.98 Å². The van der Waals surface area contributed by atoms with Gasteiger partial charge in [0, 0.05) is 24.6 Å². The van der Waals surface area contributed by atoms with Gasteiger partial charge in [-0.1, -0.05) is 12.1 Å². The third kappa shape index (κ3) is 1.94. The van der Waals surface area contributed by atoms with Crippen molar-refractivity contribution in [2.24, 2.45) is 0 Å². The van der Waals surface area contributed by atoms with E-state index in [4.69, 9.17) is 4.74 Å². The van der Waals surface area contributed by atoms with Crippen LogP contribution in [0.1, 0.15) is 28.0 Å². The Kier molecular flexibility index (Phi) is 3.14. The van der Waals surface area contributed by atoms with Gasteiger partial charge in [0.2, 0.25) is 0 Å². The van der Waals surface area contributed by atoms with Crippen LogP contribution in [0, 0.1) is 5.82 Å². The number of ether oxygens (including phenoxy) is 1. The molecule has 3 rings (SSSR count). The van der Waals surface area contributed by atoms with Gasteiger partial charge >= 0.3 is 5.97 Å². The normalized spacial score (nSPS) is 18.0. The van der Waals surface area contributed by atoms with E-state index >= 15 is 0 Å². The van der Waals surface area contributed by atoms with E-state index in [9.17, 15) is 14.3 Å². The molecule has 1 aromatic carbocycles. The maximum absolute atomic E-state index is 13.9. The van der Waals surface area contributed by atoms with Gasteiger partial charge in [-0.05, 0) is 24.5 Å². The van der Waals surface area contributed by atoms with Gasteiger partial charge < -0.3 is 9.84 Å². The van der Waals surface area contributed by atoms with E-state index in [-0.39, 0.29) is 17.2 Å². The lowest BCUT2D eigenvalue weighted by Gasteiger charge is -2.25. The van der Waals surface area contributed by atoms with Gasteiger partial charge in [0.05, 0.1) is 11.7 Å². The molecule has 0 aliphatic heterocycles. The molecule has 1 atom stereocenters. The number of hydrogen-bond donors (Lipinski definition) is 1. The Bertz CT molecular complexity index is 699. The molecule has 104 valence electrons. The number of halogens is 1. The lowest BCUT2D eigenvalue weighted by molar-refractivity contribution is 0.0690. The van der Waals surface area contributed by atoms with E-state index in [0.29, 0.717) is 29.5 Å². The molecule has 1 aliphatic rings. The quantitative estimate of drug-likeness (QED) is 0.915. The number of hydrogen-bond acceptors (Lipinski definition) is 3. The number of carboxylic acid groups (broad SMARTS) is 1. The summed E-state index contributed by atoms with van der Waals surface area (Å²) < 4.78 is 19.2. The molecule has 0 saturated carbocycles. The van der Waals surface area contributed by atoms with E-state index in [1.165, 1.54) is 12.1 Å². The van der Waals surface area contributed by atoms with Crippen molar-refractivity contribution in [2.75, 3.05) is 7.11 Å². The Labute approximate surface area is 115 Å². The topological polar surface area (TPSA) is 59.4 Å². The number of benzene rings is 1. The number of aryl methyl sites for hydroxylation is 1. The van der Waals surface area contributed by atoms with Crippen molar-refractivity contribution in [1.29, 1.82) is 0 Å². The Morgan fingerprint density at radius 1 is 1.50 bits per heavy atom. The molecule has 1 N–H and O–H groups in total. The van der Waals surface area contributed by atoms with E-state index in [0.717, 1.165) is 6.42 Å². The van der Waals surface area contributed by atoms with Crippen molar-refractivity contribution in [1.82, 2.24) is 4.98 Å². The summed E-state index contributed by atoms with van der Waals surface area (Å²) >= 11 is 0. The first-order chi connectivity index (χ1) is 9.61. The fourth-order valence-corrected chi connectivity index (χ4v) is 2.84. The summed E-state index contributed by atoms with van der Waals surface area (Å²) in [5.74, 6) is -1.53. The van der Waals surface area contributed by atoms with E-state index in [1.54, 1.807) is 13.2 Å². The van der Waals surface area contributed by atoms with Crippen LogP contribution in [0.15, 0.2) is 18.2 Å². The molecular formula is C15H14FNO3. The van der Waals surface area contributed by atoms with Crippen LogP contribution in [0.2, 0.25) is 0 Å². The van der Waals surface area contributed by atoms with Crippen LogP contribution < -0.4 is 0 Å². The van der Waals surface area contributed by atoms with Gasteiger partial charge in [0.15, 0.2) is 0 Å². The van der Waals surface area contributed by atoms with Crippen LogP contribution >= 0.6 is 0 Å². The van der Waals surface area contributed by atoms with Crippen molar-refractivity contribution in [3.8, 4) is 0 Å². The molecule has 0 bridgehead atoms. The number of fused-ring (bicyclic) bond motifs is 2. The maximum Gasteiger partial charge on any atom is 0.336 e. The number of carboxylic acids is 1. The van der Waals surface area contributed by atoms with Gasteiger partial charge in [-0.3, -0.25) is 0 Å². The molecule has 0 radical (unpaired) electrons. The number of nitrogens with zero attached hydrogens (tertiary/aromatic N) is 1. The largest absolute Gasteiger partial charge is 0.478 e. The predicted octanol–water partition coefficient (Wildman–Crippen LogP) is 2.58. The molecule has 20 heavy (non-hydrogen) atoms. The zero-order chi connectivity index (χ0) is 14.3. The van der Waals surface area contributed by atoms with Crippen molar-refractivity contribution in [3.05, 3.63) is 40.8 Å². The summed E-state index contributed by atoms with van der Waals surface area (Å²) in [4.78, 5) is 15.9. The van der Waals surface area contributed by atoms with Crippen LogP contribution in [0.25, 0.3) is 10.9 Å². The highest BCUT2D eigenvalue weighted by Gasteiger charge is 2.27. The number of para-hydroxylation sites is 1. The third-order valence-corrected chi connectivity index (χ3v) is 3.84. The Hall–Kier alpha value is -2.01. The van der Waals surface area contributed by atoms with Crippen LogP contribution in [0.5, 0.6) is 0 Å². The highest BCUT2D eigenvalue weighted by atomic mass is 19.1. The minimum Gasteiger partial charge on any atom is -0.478 e. The van der Waals surface area contributed by atoms with Crippen LogP contribution in [-0.2, 0) is 17.6 Å². The number of pyridine rings is 1. The summed E-state index contributed by atoms with van der Waals surface area (Å²) in [6.45, 7) is 0. The fraction of sp³-hybridized carbons (Fsp3) is 0.333. The number of carbonyl (C=O) groups is 1. The highest BCUT2D eigenvalue weighted by molar-refractivity contribution is 6.04. The van der Waals surface area contributed by atoms with Gasteiger partial charge in [-0.2, -0.15) is 0 Å². The zero-order valence-corrected chi connectivity index (χ0v) is 11.0. The molecule has 2 aromatic rings. The number of aromatic nitrogens is 1. The number of rotatable bonds is 2. The Morgan fingerprint density at radius 3 is 3.00 bits per heavy atom. The SMILES string of the molecule is COC1CCc2nc3c(F)cccc3c(C(=O)O)c2C1. The monoisotopic (exact) mass is 275 g/mol. The van der Waals surface area contributed by atoms with E-state index < -0.39 is 11.8 Å². The Balaban J connectivity index is 2.32. The smallest absolute Gasteiger partial charge is 0.336 e. The second-order valence-electron chi connectivity index (χ2n) is 4.95. The van der Waals surface area contributed by atoms with Crippen LogP contribution in [-0.4, -0.2) is 29.3 Å². The van der Waals surface area contributed by atoms with Crippen molar-refractivity contribution in [3.63, 3.8) is 0 Å². The first kappa shape index (κ1) is 13.0. The third-order valence-electron chi connectivity index (χ3n) is 3.84. The van der Waals surface area contributed by atoms with Crippen LogP contribution in [0.3, 0.4) is 0 Å². The molecule has 1 unspecified atom stereocenters. The molecule has 1 aromatic heterocycles. The lowest BCUT2D eigenvalue weighted by atomic mass is 9.88. The van der Waals surface area contributed by atoms with Gasteiger partial charge in [-0.25, -0.2) is 14.2 Å². The first-order valence-corrected chi connectivity index (χ1v) is 6.48. The maximum atomic E-state index is 13.9. The van der Waals surface area contributed by atoms with Gasteiger partial charge in [0.1, 0.15) is 11.3 Å². The molecular weight excluding hydrogens is 261 g/mol. The summed E-state index contributed by atoms with van der Waals surface area (Å²) in [6, 6.07) is 4.41. The number of aromatic carboxylic acids is 1. The minimum absolute atomic E-state index is 0.00610.